The lowest BCUT2D eigenvalue weighted by Crippen LogP contribution is -2.40. The molecule has 0 fully saturated rings. The number of anilines is 1. The first-order valence-electron chi connectivity index (χ1n) is 11.9. The zero-order chi connectivity index (χ0) is 25.2. The summed E-state index contributed by atoms with van der Waals surface area (Å²) in [4.78, 5) is 4.60. The van der Waals surface area contributed by atoms with Crippen molar-refractivity contribution in [3.05, 3.63) is 88.5 Å². The van der Waals surface area contributed by atoms with Gasteiger partial charge >= 0.3 is 0 Å². The topological polar surface area (TPSA) is 61.9 Å². The molecule has 0 bridgehead atoms. The van der Waals surface area contributed by atoms with Gasteiger partial charge in [0.1, 0.15) is 10.6 Å². The molecule has 3 aromatic rings. The first-order chi connectivity index (χ1) is 16.7. The molecule has 35 heavy (non-hydrogen) atoms. The van der Waals surface area contributed by atoms with Gasteiger partial charge in [-0.05, 0) is 72.4 Å². The van der Waals surface area contributed by atoms with E-state index in [2.05, 4.69) is 63.1 Å². The lowest BCUT2D eigenvalue weighted by atomic mass is 9.96. The summed E-state index contributed by atoms with van der Waals surface area (Å²) in [6.07, 6.45) is 0.945. The summed E-state index contributed by atoms with van der Waals surface area (Å²) in [5.41, 5.74) is 6.76. The average molecular weight is 494 g/mol. The highest BCUT2D eigenvalue weighted by Crippen LogP contribution is 2.31. The molecule has 6 nitrogen and oxygen atoms in total. The number of benzene rings is 3. The molecule has 0 saturated heterocycles. The van der Waals surface area contributed by atoms with Crippen molar-refractivity contribution in [1.29, 1.82) is 0 Å². The minimum atomic E-state index is -3.78. The highest BCUT2D eigenvalue weighted by atomic mass is 32.2. The third-order valence-electron chi connectivity index (χ3n) is 6.93. The molecule has 0 saturated carbocycles. The summed E-state index contributed by atoms with van der Waals surface area (Å²) in [6, 6.07) is 20.2. The van der Waals surface area contributed by atoms with E-state index in [4.69, 9.17) is 4.74 Å². The van der Waals surface area contributed by atoms with E-state index in [1.54, 1.807) is 12.1 Å². The Morgan fingerprint density at radius 2 is 1.66 bits per heavy atom. The fraction of sp³-hybridized carbons (Fsp3) is 0.357. The molecule has 7 heteroatoms. The Bertz CT molecular complexity index is 1290. The molecule has 0 spiro atoms. The standard InChI is InChI=1S/C28H35N3O3S/c1-20-16-27(34-5)28(17-21(20)2)35(32,33)29-18-26(23-10-12-25(13-11-23)30(3)4)31-15-14-22-8-6-7-9-24(22)19-31/h6-13,16-17,26,29H,14-15,18-19H2,1-5H3. The minimum absolute atomic E-state index is 0.105. The van der Waals surface area contributed by atoms with Crippen LogP contribution in [0.5, 0.6) is 5.75 Å². The second-order valence-corrected chi connectivity index (χ2v) is 11.2. The Balaban J connectivity index is 1.64. The third kappa shape index (κ3) is 5.53. The van der Waals surface area contributed by atoms with E-state index in [9.17, 15) is 8.42 Å². The lowest BCUT2D eigenvalue weighted by molar-refractivity contribution is 0.180. The van der Waals surface area contributed by atoms with Crippen molar-refractivity contribution in [3.63, 3.8) is 0 Å². The van der Waals surface area contributed by atoms with E-state index in [0.29, 0.717) is 5.75 Å². The molecule has 1 heterocycles. The van der Waals surface area contributed by atoms with Crippen molar-refractivity contribution in [3.8, 4) is 5.75 Å². The summed E-state index contributed by atoms with van der Waals surface area (Å²) in [7, 11) is 1.75. The smallest absolute Gasteiger partial charge is 0.244 e. The normalized spacial score (nSPS) is 14.9. The Morgan fingerprint density at radius 1 is 1.00 bits per heavy atom. The number of hydrogen-bond donors (Lipinski definition) is 1. The van der Waals surface area contributed by atoms with Crippen molar-refractivity contribution in [2.75, 3.05) is 39.2 Å². The van der Waals surface area contributed by atoms with E-state index < -0.39 is 10.0 Å². The van der Waals surface area contributed by atoms with Crippen LogP contribution >= 0.6 is 0 Å². The number of rotatable bonds is 8. The highest BCUT2D eigenvalue weighted by Gasteiger charge is 2.28. The van der Waals surface area contributed by atoms with Crippen LogP contribution in [0.2, 0.25) is 0 Å². The number of aryl methyl sites for hydroxylation is 2. The molecule has 0 aliphatic carbocycles. The first kappa shape index (κ1) is 25.2. The van der Waals surface area contributed by atoms with E-state index >= 15 is 0 Å². The van der Waals surface area contributed by atoms with Crippen LogP contribution in [0.3, 0.4) is 0 Å². The number of hydrogen-bond acceptors (Lipinski definition) is 5. The van der Waals surface area contributed by atoms with Crippen molar-refractivity contribution >= 4 is 15.7 Å². The van der Waals surface area contributed by atoms with Crippen LogP contribution in [0.15, 0.2) is 65.6 Å². The molecule has 1 atom stereocenters. The quantitative estimate of drug-likeness (QED) is 0.502. The van der Waals surface area contributed by atoms with E-state index in [1.807, 2.05) is 27.9 Å². The molecule has 186 valence electrons. The van der Waals surface area contributed by atoms with Crippen molar-refractivity contribution in [1.82, 2.24) is 9.62 Å². The fourth-order valence-electron chi connectivity index (χ4n) is 4.64. The molecule has 1 unspecified atom stereocenters. The van der Waals surface area contributed by atoms with Gasteiger partial charge < -0.3 is 9.64 Å². The molecule has 1 aliphatic rings. The van der Waals surface area contributed by atoms with Gasteiger partial charge in [0, 0.05) is 45.5 Å². The average Bonchev–Trinajstić information content (AvgIpc) is 2.85. The number of fused-ring (bicyclic) bond motifs is 1. The van der Waals surface area contributed by atoms with Crippen LogP contribution in [0, 0.1) is 13.8 Å². The first-order valence-corrected chi connectivity index (χ1v) is 13.4. The van der Waals surface area contributed by atoms with Gasteiger partial charge in [0.05, 0.1) is 7.11 Å². The minimum Gasteiger partial charge on any atom is -0.495 e. The zero-order valence-electron chi connectivity index (χ0n) is 21.2. The SMILES string of the molecule is COc1cc(C)c(C)cc1S(=O)(=O)NCC(c1ccc(N(C)C)cc1)N1CCc2ccccc2C1. The molecule has 1 N–H and O–H groups in total. The van der Waals surface area contributed by atoms with Gasteiger partial charge in [-0.3, -0.25) is 4.90 Å². The molecular formula is C28H35N3O3S. The predicted octanol–water partition coefficient (Wildman–Crippen LogP) is 4.46. The summed E-state index contributed by atoms with van der Waals surface area (Å²) in [5, 5.41) is 0. The maximum absolute atomic E-state index is 13.4. The lowest BCUT2D eigenvalue weighted by Gasteiger charge is -2.36. The number of sulfonamides is 1. The summed E-state index contributed by atoms with van der Waals surface area (Å²) >= 11 is 0. The Hall–Kier alpha value is -2.87. The molecule has 0 radical (unpaired) electrons. The number of nitrogens with one attached hydrogen (secondary N) is 1. The van der Waals surface area contributed by atoms with E-state index in [1.165, 1.54) is 18.2 Å². The van der Waals surface area contributed by atoms with Gasteiger partial charge in [0.2, 0.25) is 10.0 Å². The second kappa shape index (κ2) is 10.4. The largest absolute Gasteiger partial charge is 0.495 e. The van der Waals surface area contributed by atoms with Crippen LogP contribution < -0.4 is 14.4 Å². The Kier molecular flexibility index (Phi) is 7.50. The summed E-state index contributed by atoms with van der Waals surface area (Å²) in [6.45, 7) is 5.77. The molecule has 1 aliphatic heterocycles. The molecule has 3 aromatic carbocycles. The zero-order valence-corrected chi connectivity index (χ0v) is 22.0. The number of ether oxygens (including phenoxy) is 1. The van der Waals surface area contributed by atoms with Gasteiger partial charge in [-0.25, -0.2) is 13.1 Å². The molecule has 4 rings (SSSR count). The van der Waals surface area contributed by atoms with Crippen LogP contribution in [-0.2, 0) is 23.0 Å². The summed E-state index contributed by atoms with van der Waals surface area (Å²) < 4.78 is 35.1. The van der Waals surface area contributed by atoms with Gasteiger partial charge in [-0.2, -0.15) is 0 Å². The van der Waals surface area contributed by atoms with Crippen LogP contribution in [0.1, 0.15) is 33.9 Å². The fourth-order valence-corrected chi connectivity index (χ4v) is 5.91. The van der Waals surface area contributed by atoms with Gasteiger partial charge in [0.15, 0.2) is 0 Å². The predicted molar refractivity (Wildman–Crippen MR) is 142 cm³/mol. The monoisotopic (exact) mass is 493 g/mol. The maximum Gasteiger partial charge on any atom is 0.244 e. The molecular weight excluding hydrogens is 458 g/mol. The van der Waals surface area contributed by atoms with Crippen LogP contribution in [0.4, 0.5) is 5.69 Å². The van der Waals surface area contributed by atoms with Crippen LogP contribution in [-0.4, -0.2) is 47.6 Å². The van der Waals surface area contributed by atoms with Gasteiger partial charge in [-0.1, -0.05) is 36.4 Å². The second-order valence-electron chi connectivity index (χ2n) is 9.43. The third-order valence-corrected chi connectivity index (χ3v) is 8.38. The number of methoxy groups -OCH3 is 1. The van der Waals surface area contributed by atoms with Crippen molar-refractivity contribution in [2.24, 2.45) is 0 Å². The van der Waals surface area contributed by atoms with Crippen LogP contribution in [0.25, 0.3) is 0 Å². The Morgan fingerprint density at radius 3 is 2.31 bits per heavy atom. The van der Waals surface area contributed by atoms with E-state index in [0.717, 1.165) is 41.9 Å². The number of nitrogens with zero attached hydrogens (tertiary/aromatic N) is 2. The maximum atomic E-state index is 13.4. The van der Waals surface area contributed by atoms with E-state index in [-0.39, 0.29) is 17.5 Å². The molecule has 0 amide bonds. The van der Waals surface area contributed by atoms with Crippen molar-refractivity contribution < 1.29 is 13.2 Å². The summed E-state index contributed by atoms with van der Waals surface area (Å²) in [5.74, 6) is 0.361. The highest BCUT2D eigenvalue weighted by molar-refractivity contribution is 7.89. The van der Waals surface area contributed by atoms with Crippen molar-refractivity contribution in [2.45, 2.75) is 37.8 Å². The van der Waals surface area contributed by atoms with Gasteiger partial charge in [-0.15, -0.1) is 0 Å². The Labute approximate surface area is 209 Å². The molecule has 0 aromatic heterocycles. The van der Waals surface area contributed by atoms with Gasteiger partial charge in [0.25, 0.3) is 0 Å².